The van der Waals surface area contributed by atoms with Gasteiger partial charge in [-0.15, -0.1) is 0 Å². The molecule has 2 unspecified atom stereocenters. The second-order valence-corrected chi connectivity index (χ2v) is 8.29. The minimum atomic E-state index is -0.988. The standard InChI is InChI=1S/C21H29N3O3/c1-13-4-2-3-5-17(13)22-11-14-6-7-16-15(10-14)12-24(21(16)27)18-8-9-19(25)23-20(18)26/h6-7,10,13,17-18,20,22,26H,2-5,8-9,11-12H2,1H3,(H,23,25)/t13-,17-,18?,20?/m0/s1. The molecule has 4 rings (SSSR count). The van der Waals surface area contributed by atoms with Crippen molar-refractivity contribution < 1.29 is 14.7 Å². The summed E-state index contributed by atoms with van der Waals surface area (Å²) in [5, 5.41) is 16.4. The molecule has 6 nitrogen and oxygen atoms in total. The molecule has 4 atom stereocenters. The lowest BCUT2D eigenvalue weighted by atomic mass is 9.86. The van der Waals surface area contributed by atoms with Crippen LogP contribution in [0.3, 0.4) is 0 Å². The number of aliphatic hydroxyl groups is 1. The van der Waals surface area contributed by atoms with E-state index in [1.807, 2.05) is 12.1 Å². The highest BCUT2D eigenvalue weighted by molar-refractivity contribution is 5.98. The molecule has 1 aromatic rings. The molecule has 1 aliphatic carbocycles. The Morgan fingerprint density at radius 3 is 2.81 bits per heavy atom. The van der Waals surface area contributed by atoms with Gasteiger partial charge >= 0.3 is 0 Å². The maximum atomic E-state index is 12.8. The first kappa shape index (κ1) is 18.4. The van der Waals surface area contributed by atoms with Gasteiger partial charge in [-0.25, -0.2) is 0 Å². The number of amides is 2. The minimum absolute atomic E-state index is 0.0504. The molecule has 0 bridgehead atoms. The zero-order valence-electron chi connectivity index (χ0n) is 15.9. The Bertz CT molecular complexity index is 735. The van der Waals surface area contributed by atoms with E-state index in [0.29, 0.717) is 36.9 Å². The predicted octanol–water partition coefficient (Wildman–Crippen LogP) is 1.91. The van der Waals surface area contributed by atoms with Gasteiger partial charge in [-0.05, 0) is 42.4 Å². The molecule has 146 valence electrons. The van der Waals surface area contributed by atoms with Gasteiger partial charge in [0.1, 0.15) is 6.23 Å². The van der Waals surface area contributed by atoms with E-state index in [-0.39, 0.29) is 17.9 Å². The summed E-state index contributed by atoms with van der Waals surface area (Å²) in [7, 11) is 0. The van der Waals surface area contributed by atoms with Gasteiger partial charge in [0.05, 0.1) is 6.04 Å². The highest BCUT2D eigenvalue weighted by Crippen LogP contribution is 2.29. The summed E-state index contributed by atoms with van der Waals surface area (Å²) in [5.41, 5.74) is 2.92. The van der Waals surface area contributed by atoms with Crippen molar-refractivity contribution in [2.75, 3.05) is 0 Å². The number of carbonyl (C=O) groups is 2. The molecule has 0 spiro atoms. The summed E-state index contributed by atoms with van der Waals surface area (Å²) >= 11 is 0. The van der Waals surface area contributed by atoms with Gasteiger partial charge in [0.25, 0.3) is 5.91 Å². The zero-order valence-corrected chi connectivity index (χ0v) is 15.9. The number of benzene rings is 1. The first-order valence-electron chi connectivity index (χ1n) is 10.2. The Kier molecular flexibility index (Phi) is 5.19. The molecule has 6 heteroatoms. The number of piperidine rings is 1. The largest absolute Gasteiger partial charge is 0.372 e. The first-order valence-corrected chi connectivity index (χ1v) is 10.2. The highest BCUT2D eigenvalue weighted by Gasteiger charge is 2.38. The smallest absolute Gasteiger partial charge is 0.254 e. The molecule has 0 aromatic heterocycles. The van der Waals surface area contributed by atoms with Crippen molar-refractivity contribution in [3.8, 4) is 0 Å². The third-order valence-electron chi connectivity index (χ3n) is 6.42. The lowest BCUT2D eigenvalue weighted by Crippen LogP contribution is -2.55. The fourth-order valence-corrected chi connectivity index (χ4v) is 4.74. The van der Waals surface area contributed by atoms with E-state index in [4.69, 9.17) is 0 Å². The van der Waals surface area contributed by atoms with Crippen molar-refractivity contribution in [3.63, 3.8) is 0 Å². The summed E-state index contributed by atoms with van der Waals surface area (Å²) in [6.45, 7) is 3.64. The molecule has 3 aliphatic rings. The molecule has 27 heavy (non-hydrogen) atoms. The molecule has 1 saturated heterocycles. The summed E-state index contributed by atoms with van der Waals surface area (Å²) in [4.78, 5) is 25.9. The summed E-state index contributed by atoms with van der Waals surface area (Å²) in [6.07, 6.45) is 5.03. The van der Waals surface area contributed by atoms with E-state index in [0.717, 1.165) is 12.1 Å². The Morgan fingerprint density at radius 2 is 2.04 bits per heavy atom. The van der Waals surface area contributed by atoms with Gasteiger partial charge in [0, 0.05) is 31.1 Å². The molecule has 2 heterocycles. The number of nitrogens with zero attached hydrogens (tertiary/aromatic N) is 1. The van der Waals surface area contributed by atoms with Crippen LogP contribution in [0.4, 0.5) is 0 Å². The number of carbonyl (C=O) groups excluding carboxylic acids is 2. The molecular formula is C21H29N3O3. The van der Waals surface area contributed by atoms with E-state index in [1.165, 1.54) is 31.2 Å². The molecule has 3 N–H and O–H groups in total. The lowest BCUT2D eigenvalue weighted by molar-refractivity contribution is -0.129. The Balaban J connectivity index is 1.42. The number of fused-ring (bicyclic) bond motifs is 1. The molecule has 1 aromatic carbocycles. The second kappa shape index (κ2) is 7.60. The van der Waals surface area contributed by atoms with Crippen LogP contribution in [-0.4, -0.2) is 40.1 Å². The fraction of sp³-hybridized carbons (Fsp3) is 0.619. The average molecular weight is 371 g/mol. The SMILES string of the molecule is C[C@H]1CCCC[C@@H]1NCc1ccc2c(c1)CN(C1CCC(=O)NC1O)C2=O. The lowest BCUT2D eigenvalue weighted by Gasteiger charge is -2.35. The normalized spacial score (nSPS) is 31.0. The topological polar surface area (TPSA) is 81.7 Å². The molecule has 2 amide bonds. The molecule has 0 radical (unpaired) electrons. The van der Waals surface area contributed by atoms with E-state index < -0.39 is 6.23 Å². The van der Waals surface area contributed by atoms with Crippen LogP contribution < -0.4 is 10.6 Å². The van der Waals surface area contributed by atoms with Crippen molar-refractivity contribution in [3.05, 3.63) is 34.9 Å². The number of aliphatic hydroxyl groups excluding tert-OH is 1. The second-order valence-electron chi connectivity index (χ2n) is 8.29. The first-order chi connectivity index (χ1) is 13.0. The number of hydrogen-bond acceptors (Lipinski definition) is 4. The highest BCUT2D eigenvalue weighted by atomic mass is 16.3. The van der Waals surface area contributed by atoms with Gasteiger partial charge < -0.3 is 20.6 Å². The summed E-state index contributed by atoms with van der Waals surface area (Å²) < 4.78 is 0. The van der Waals surface area contributed by atoms with Crippen LogP contribution in [0.25, 0.3) is 0 Å². The Hall–Kier alpha value is -1.92. The van der Waals surface area contributed by atoms with Crippen molar-refractivity contribution in [2.24, 2.45) is 5.92 Å². The van der Waals surface area contributed by atoms with Crippen molar-refractivity contribution in [1.29, 1.82) is 0 Å². The average Bonchev–Trinajstić information content (AvgIpc) is 2.97. The van der Waals surface area contributed by atoms with Gasteiger partial charge in [-0.3, -0.25) is 9.59 Å². The van der Waals surface area contributed by atoms with Crippen molar-refractivity contribution in [2.45, 2.75) is 76.8 Å². The van der Waals surface area contributed by atoms with Crippen molar-refractivity contribution >= 4 is 11.8 Å². The van der Waals surface area contributed by atoms with Crippen LogP contribution in [0.1, 0.15) is 66.9 Å². The van der Waals surface area contributed by atoms with E-state index >= 15 is 0 Å². The van der Waals surface area contributed by atoms with Crippen molar-refractivity contribution in [1.82, 2.24) is 15.5 Å². The van der Waals surface area contributed by atoms with Crippen LogP contribution in [0.15, 0.2) is 18.2 Å². The summed E-state index contributed by atoms with van der Waals surface area (Å²) in [5.74, 6) is 0.507. The minimum Gasteiger partial charge on any atom is -0.372 e. The van der Waals surface area contributed by atoms with Crippen LogP contribution in [-0.2, 0) is 17.9 Å². The van der Waals surface area contributed by atoms with Gasteiger partial charge in [0.15, 0.2) is 0 Å². The molecule has 2 aliphatic heterocycles. The van der Waals surface area contributed by atoms with E-state index in [9.17, 15) is 14.7 Å². The van der Waals surface area contributed by atoms with Crippen LogP contribution in [0.5, 0.6) is 0 Å². The number of nitrogens with one attached hydrogen (secondary N) is 2. The van der Waals surface area contributed by atoms with E-state index in [2.05, 4.69) is 23.6 Å². The zero-order chi connectivity index (χ0) is 19.0. The number of rotatable bonds is 4. The van der Waals surface area contributed by atoms with Crippen LogP contribution in [0.2, 0.25) is 0 Å². The fourth-order valence-electron chi connectivity index (χ4n) is 4.74. The third-order valence-corrected chi connectivity index (χ3v) is 6.42. The third kappa shape index (κ3) is 3.73. The number of hydrogen-bond donors (Lipinski definition) is 3. The van der Waals surface area contributed by atoms with E-state index in [1.54, 1.807) is 4.90 Å². The molecular weight excluding hydrogens is 342 g/mol. The van der Waals surface area contributed by atoms with Crippen LogP contribution in [0, 0.1) is 5.92 Å². The van der Waals surface area contributed by atoms with Gasteiger partial charge in [-0.2, -0.15) is 0 Å². The maximum Gasteiger partial charge on any atom is 0.254 e. The van der Waals surface area contributed by atoms with Gasteiger partial charge in [0.2, 0.25) is 5.91 Å². The maximum absolute atomic E-state index is 12.8. The van der Waals surface area contributed by atoms with Crippen LogP contribution >= 0.6 is 0 Å². The van der Waals surface area contributed by atoms with Gasteiger partial charge in [-0.1, -0.05) is 31.9 Å². The molecule has 2 fully saturated rings. The Labute approximate surface area is 160 Å². The predicted molar refractivity (Wildman–Crippen MR) is 102 cm³/mol. The monoisotopic (exact) mass is 371 g/mol. The Morgan fingerprint density at radius 1 is 1.22 bits per heavy atom. The quantitative estimate of drug-likeness (QED) is 0.755. The summed E-state index contributed by atoms with van der Waals surface area (Å²) in [6, 6.07) is 6.27. The molecule has 1 saturated carbocycles.